The molecule has 0 bridgehead atoms. The van der Waals surface area contributed by atoms with Gasteiger partial charge in [-0.2, -0.15) is 0 Å². The molecule has 1 N–H and O–H groups in total. The van der Waals surface area contributed by atoms with Gasteiger partial charge < -0.3 is 10.2 Å². The summed E-state index contributed by atoms with van der Waals surface area (Å²) in [4.78, 5) is 28.3. The number of nitrogens with one attached hydrogen (secondary N) is 1. The number of amides is 3. The summed E-state index contributed by atoms with van der Waals surface area (Å²) in [6, 6.07) is 11.0. The highest BCUT2D eigenvalue weighted by Crippen LogP contribution is 2.24. The second-order valence-corrected chi connectivity index (χ2v) is 7.09. The molecule has 0 aliphatic carbocycles. The Hall–Kier alpha value is -2.53. The Labute approximate surface area is 158 Å². The van der Waals surface area contributed by atoms with E-state index in [0.717, 1.165) is 28.1 Å². The summed E-state index contributed by atoms with van der Waals surface area (Å²) >= 11 is 5.90. The zero-order chi connectivity index (χ0) is 18.8. The van der Waals surface area contributed by atoms with Gasteiger partial charge in [-0.1, -0.05) is 29.3 Å². The molecule has 3 amide bonds. The Kier molecular flexibility index (Phi) is 5.18. The van der Waals surface area contributed by atoms with Gasteiger partial charge in [0.05, 0.1) is 0 Å². The van der Waals surface area contributed by atoms with Crippen molar-refractivity contribution in [3.05, 3.63) is 58.1 Å². The van der Waals surface area contributed by atoms with Gasteiger partial charge in [0.15, 0.2) is 0 Å². The van der Waals surface area contributed by atoms with E-state index in [-0.39, 0.29) is 18.5 Å². The molecule has 0 unspecified atom stereocenters. The van der Waals surface area contributed by atoms with Crippen LogP contribution in [0.15, 0.2) is 36.4 Å². The first-order valence-corrected chi connectivity index (χ1v) is 8.92. The summed E-state index contributed by atoms with van der Waals surface area (Å²) in [5.74, 6) is -0.189. The maximum Gasteiger partial charge on any atom is 0.325 e. The van der Waals surface area contributed by atoms with Crippen LogP contribution in [0.4, 0.5) is 16.2 Å². The summed E-state index contributed by atoms with van der Waals surface area (Å²) in [6.07, 6.45) is 0. The van der Waals surface area contributed by atoms with E-state index < -0.39 is 0 Å². The minimum atomic E-state index is -0.189. The predicted molar refractivity (Wildman–Crippen MR) is 105 cm³/mol. The fourth-order valence-electron chi connectivity index (χ4n) is 3.32. The van der Waals surface area contributed by atoms with Gasteiger partial charge in [0.25, 0.3) is 0 Å². The van der Waals surface area contributed by atoms with E-state index in [1.807, 2.05) is 45.0 Å². The molecule has 3 rings (SSSR count). The lowest BCUT2D eigenvalue weighted by atomic mass is 10.1. The van der Waals surface area contributed by atoms with Gasteiger partial charge in [0.1, 0.15) is 6.54 Å². The normalized spacial score (nSPS) is 14.1. The number of rotatable bonds is 4. The lowest BCUT2D eigenvalue weighted by molar-refractivity contribution is -0.116. The van der Waals surface area contributed by atoms with Gasteiger partial charge in [0, 0.05) is 29.5 Å². The first-order chi connectivity index (χ1) is 12.3. The third kappa shape index (κ3) is 3.83. The van der Waals surface area contributed by atoms with Crippen LogP contribution < -0.4 is 10.2 Å². The van der Waals surface area contributed by atoms with Gasteiger partial charge in [-0.05, 0) is 56.2 Å². The van der Waals surface area contributed by atoms with Crippen LogP contribution in [0.2, 0.25) is 5.02 Å². The predicted octanol–water partition coefficient (Wildman–Crippen LogP) is 4.15. The Balaban J connectivity index is 1.65. The molecule has 2 aromatic rings. The van der Waals surface area contributed by atoms with Crippen LogP contribution in [0.25, 0.3) is 0 Å². The summed E-state index contributed by atoms with van der Waals surface area (Å²) in [5.41, 5.74) is 4.80. The standard InChI is InChI=1S/C20H22ClN3O2/c1-13-10-14(2)19(15(3)11-13)22-18(25)12-23-8-9-24(20(23)26)17-6-4-16(21)5-7-17/h4-7,10-11H,8-9,12H2,1-3H3,(H,22,25). The smallest absolute Gasteiger partial charge is 0.324 e. The fraction of sp³-hybridized carbons (Fsp3) is 0.300. The topological polar surface area (TPSA) is 52.7 Å². The molecule has 0 aromatic heterocycles. The number of hydrogen-bond donors (Lipinski definition) is 1. The molecule has 0 spiro atoms. The summed E-state index contributed by atoms with van der Waals surface area (Å²) in [5, 5.41) is 3.57. The monoisotopic (exact) mass is 371 g/mol. The average molecular weight is 372 g/mol. The number of carbonyl (C=O) groups excluding carboxylic acids is 2. The lowest BCUT2D eigenvalue weighted by Crippen LogP contribution is -2.37. The second-order valence-electron chi connectivity index (χ2n) is 6.65. The molecule has 1 heterocycles. The third-order valence-electron chi connectivity index (χ3n) is 4.51. The van der Waals surface area contributed by atoms with Crippen LogP contribution in [-0.4, -0.2) is 36.5 Å². The first kappa shape index (κ1) is 18.3. The van der Waals surface area contributed by atoms with Crippen molar-refractivity contribution in [3.8, 4) is 0 Å². The Morgan fingerprint density at radius 3 is 2.31 bits per heavy atom. The highest BCUT2D eigenvalue weighted by atomic mass is 35.5. The Morgan fingerprint density at radius 1 is 1.08 bits per heavy atom. The van der Waals surface area contributed by atoms with E-state index in [2.05, 4.69) is 5.32 Å². The lowest BCUT2D eigenvalue weighted by Gasteiger charge is -2.19. The van der Waals surface area contributed by atoms with Gasteiger partial charge in [0.2, 0.25) is 5.91 Å². The summed E-state index contributed by atoms with van der Waals surface area (Å²) in [6.45, 7) is 7.07. The minimum Gasteiger partial charge on any atom is -0.324 e. The van der Waals surface area contributed by atoms with Crippen molar-refractivity contribution in [1.29, 1.82) is 0 Å². The highest BCUT2D eigenvalue weighted by molar-refractivity contribution is 6.30. The SMILES string of the molecule is Cc1cc(C)c(NC(=O)CN2CCN(c3ccc(Cl)cc3)C2=O)c(C)c1. The molecule has 1 aliphatic rings. The van der Waals surface area contributed by atoms with Gasteiger partial charge in [-0.25, -0.2) is 4.79 Å². The summed E-state index contributed by atoms with van der Waals surface area (Å²) in [7, 11) is 0. The van der Waals surface area contributed by atoms with E-state index in [4.69, 9.17) is 11.6 Å². The van der Waals surface area contributed by atoms with Crippen LogP contribution in [0, 0.1) is 20.8 Å². The van der Waals surface area contributed by atoms with Crippen molar-refractivity contribution in [2.45, 2.75) is 20.8 Å². The number of carbonyl (C=O) groups is 2. The first-order valence-electron chi connectivity index (χ1n) is 8.55. The number of nitrogens with zero attached hydrogens (tertiary/aromatic N) is 2. The number of aryl methyl sites for hydroxylation is 3. The Morgan fingerprint density at radius 2 is 1.69 bits per heavy atom. The van der Waals surface area contributed by atoms with Crippen LogP contribution in [0.1, 0.15) is 16.7 Å². The number of benzene rings is 2. The van der Waals surface area contributed by atoms with Crippen molar-refractivity contribution in [2.75, 3.05) is 29.9 Å². The minimum absolute atomic E-state index is 0.0374. The van der Waals surface area contributed by atoms with Crippen molar-refractivity contribution in [2.24, 2.45) is 0 Å². The molecule has 136 valence electrons. The number of hydrogen-bond acceptors (Lipinski definition) is 2. The average Bonchev–Trinajstić information content (AvgIpc) is 2.92. The zero-order valence-electron chi connectivity index (χ0n) is 15.2. The molecule has 1 fully saturated rings. The van der Waals surface area contributed by atoms with Crippen molar-refractivity contribution < 1.29 is 9.59 Å². The molecule has 0 atom stereocenters. The highest BCUT2D eigenvalue weighted by Gasteiger charge is 2.30. The molecular formula is C20H22ClN3O2. The number of urea groups is 1. The van der Waals surface area contributed by atoms with Gasteiger partial charge in [-0.3, -0.25) is 9.69 Å². The molecule has 26 heavy (non-hydrogen) atoms. The maximum atomic E-state index is 12.6. The molecular weight excluding hydrogens is 350 g/mol. The van der Waals surface area contributed by atoms with Crippen LogP contribution in [0.3, 0.4) is 0 Å². The van der Waals surface area contributed by atoms with E-state index in [1.54, 1.807) is 21.9 Å². The second kappa shape index (κ2) is 7.38. The summed E-state index contributed by atoms with van der Waals surface area (Å²) < 4.78 is 0. The van der Waals surface area contributed by atoms with E-state index in [1.165, 1.54) is 0 Å². The third-order valence-corrected chi connectivity index (χ3v) is 4.76. The largest absolute Gasteiger partial charge is 0.325 e. The van der Waals surface area contributed by atoms with Crippen LogP contribution >= 0.6 is 11.6 Å². The number of anilines is 2. The molecule has 0 radical (unpaired) electrons. The van der Waals surface area contributed by atoms with Crippen molar-refractivity contribution in [1.82, 2.24) is 4.90 Å². The quantitative estimate of drug-likeness (QED) is 0.877. The van der Waals surface area contributed by atoms with Crippen molar-refractivity contribution in [3.63, 3.8) is 0 Å². The molecule has 6 heteroatoms. The van der Waals surface area contributed by atoms with Gasteiger partial charge in [-0.15, -0.1) is 0 Å². The zero-order valence-corrected chi connectivity index (χ0v) is 15.9. The molecule has 5 nitrogen and oxygen atoms in total. The molecule has 1 saturated heterocycles. The maximum absolute atomic E-state index is 12.6. The van der Waals surface area contributed by atoms with E-state index >= 15 is 0 Å². The van der Waals surface area contributed by atoms with Crippen molar-refractivity contribution >= 4 is 34.9 Å². The van der Waals surface area contributed by atoms with E-state index in [0.29, 0.717) is 18.1 Å². The fourth-order valence-corrected chi connectivity index (χ4v) is 3.45. The number of halogens is 1. The Bertz CT molecular complexity index is 826. The molecule has 0 saturated carbocycles. The van der Waals surface area contributed by atoms with Crippen LogP contribution in [-0.2, 0) is 4.79 Å². The molecule has 1 aliphatic heterocycles. The van der Waals surface area contributed by atoms with Gasteiger partial charge >= 0.3 is 6.03 Å². The molecule has 2 aromatic carbocycles. The van der Waals surface area contributed by atoms with E-state index in [9.17, 15) is 9.59 Å². The van der Waals surface area contributed by atoms with Crippen LogP contribution in [0.5, 0.6) is 0 Å².